The molecule has 3 heteroatoms. The Bertz CT molecular complexity index is 103. The lowest BCUT2D eigenvalue weighted by molar-refractivity contribution is 0.841. The third kappa shape index (κ3) is 0.952. The molecule has 0 radical (unpaired) electrons. The van der Waals surface area contributed by atoms with Gasteiger partial charge in [-0.15, -0.1) is 11.6 Å². The minimum Gasteiger partial charge on any atom is -0.126 e. The molecule has 0 unspecified atom stereocenters. The minimum atomic E-state index is 0.168. The van der Waals surface area contributed by atoms with Gasteiger partial charge in [0, 0.05) is 11.8 Å². The molecule has 2 atom stereocenters. The number of alkyl halides is 3. The summed E-state index contributed by atoms with van der Waals surface area (Å²) in [6.07, 6.45) is 0. The minimum absolute atomic E-state index is 0.168. The van der Waals surface area contributed by atoms with E-state index >= 15 is 0 Å². The zero-order chi connectivity index (χ0) is 6.36. The molecule has 8 heavy (non-hydrogen) atoms. The summed E-state index contributed by atoms with van der Waals surface area (Å²) < 4.78 is 0.168. The Morgan fingerprint density at radius 1 is 1.62 bits per heavy atom. The Labute approximate surface area is 71.2 Å². The van der Waals surface area contributed by atoms with E-state index in [0.717, 1.165) is 5.88 Å². The fourth-order valence-corrected chi connectivity index (χ4v) is 3.17. The zero-order valence-electron chi connectivity index (χ0n) is 4.50. The highest BCUT2D eigenvalue weighted by Crippen LogP contribution is 2.61. The van der Waals surface area contributed by atoms with Crippen LogP contribution in [0.1, 0.15) is 6.92 Å². The summed E-state index contributed by atoms with van der Waals surface area (Å²) in [5.74, 6) is 2.04. The van der Waals surface area contributed by atoms with E-state index in [9.17, 15) is 0 Å². The van der Waals surface area contributed by atoms with Gasteiger partial charge in [0.1, 0.15) is 0 Å². The van der Waals surface area contributed by atoms with Gasteiger partial charge in [-0.1, -0.05) is 38.8 Å². The van der Waals surface area contributed by atoms with Gasteiger partial charge in [-0.05, 0) is 5.92 Å². The number of hydrogen-bond donors (Lipinski definition) is 0. The molecule has 0 aliphatic heterocycles. The summed E-state index contributed by atoms with van der Waals surface area (Å²) in [6.45, 7) is 2.18. The van der Waals surface area contributed by atoms with Crippen LogP contribution in [0.25, 0.3) is 0 Å². The standard InChI is InChI=1S/C5H7Br2Cl/c1-3-4(2-8)5(3,6)7/h3-4H,2H2,1H3/t3-,4-/m0/s1. The summed E-state index contributed by atoms with van der Waals surface area (Å²) in [5, 5.41) is 0. The molecule has 1 aliphatic rings. The average Bonchev–Trinajstić information content (AvgIpc) is 2.09. The van der Waals surface area contributed by atoms with Crippen LogP contribution in [-0.4, -0.2) is 9.11 Å². The second-order valence-electron chi connectivity index (χ2n) is 2.22. The summed E-state index contributed by atoms with van der Waals surface area (Å²) >= 11 is 12.6. The third-order valence-electron chi connectivity index (χ3n) is 1.76. The topological polar surface area (TPSA) is 0 Å². The predicted octanol–water partition coefficient (Wildman–Crippen LogP) is 2.98. The first-order valence-electron chi connectivity index (χ1n) is 2.54. The lowest BCUT2D eigenvalue weighted by Crippen LogP contribution is -1.87. The first-order chi connectivity index (χ1) is 3.60. The third-order valence-corrected chi connectivity index (χ3v) is 4.72. The molecule has 1 aliphatic carbocycles. The molecule has 0 aromatic rings. The Kier molecular flexibility index (Phi) is 1.96. The highest BCUT2D eigenvalue weighted by molar-refractivity contribution is 9.25. The highest BCUT2D eigenvalue weighted by Gasteiger charge is 2.58. The normalized spacial score (nSPS) is 42.0. The molecular weight excluding hydrogens is 255 g/mol. The summed E-state index contributed by atoms with van der Waals surface area (Å²) in [7, 11) is 0. The summed E-state index contributed by atoms with van der Waals surface area (Å²) in [4.78, 5) is 0. The van der Waals surface area contributed by atoms with Crippen LogP contribution in [0, 0.1) is 11.8 Å². The predicted molar refractivity (Wildman–Crippen MR) is 44.0 cm³/mol. The van der Waals surface area contributed by atoms with Crippen molar-refractivity contribution in [2.45, 2.75) is 10.2 Å². The maximum Gasteiger partial charge on any atom is 0.0877 e. The van der Waals surface area contributed by atoms with Gasteiger partial charge >= 0.3 is 0 Å². The van der Waals surface area contributed by atoms with Gasteiger partial charge in [0.05, 0.1) is 3.23 Å². The van der Waals surface area contributed by atoms with Crippen LogP contribution in [-0.2, 0) is 0 Å². The summed E-state index contributed by atoms with van der Waals surface area (Å²) in [6, 6.07) is 0. The van der Waals surface area contributed by atoms with E-state index in [0.29, 0.717) is 11.8 Å². The highest BCUT2D eigenvalue weighted by atomic mass is 79.9. The number of rotatable bonds is 1. The average molecular weight is 262 g/mol. The van der Waals surface area contributed by atoms with Crippen molar-refractivity contribution in [1.82, 2.24) is 0 Å². The molecule has 0 aromatic carbocycles. The van der Waals surface area contributed by atoms with Crippen LogP contribution in [0.2, 0.25) is 0 Å². The van der Waals surface area contributed by atoms with Crippen molar-refractivity contribution in [2.24, 2.45) is 11.8 Å². The molecular formula is C5H7Br2Cl. The maximum atomic E-state index is 5.62. The maximum absolute atomic E-state index is 5.62. The Balaban J connectivity index is 2.45. The van der Waals surface area contributed by atoms with Gasteiger partial charge in [0.2, 0.25) is 0 Å². The molecule has 0 spiro atoms. The van der Waals surface area contributed by atoms with Crippen molar-refractivity contribution in [3.8, 4) is 0 Å². The van der Waals surface area contributed by atoms with Gasteiger partial charge in [-0.25, -0.2) is 0 Å². The molecule has 1 saturated carbocycles. The lowest BCUT2D eigenvalue weighted by atomic mass is 10.4. The molecule has 0 aromatic heterocycles. The van der Waals surface area contributed by atoms with Crippen molar-refractivity contribution >= 4 is 43.5 Å². The fraction of sp³-hybridized carbons (Fsp3) is 1.00. The molecule has 0 nitrogen and oxygen atoms in total. The van der Waals surface area contributed by atoms with Crippen molar-refractivity contribution < 1.29 is 0 Å². The van der Waals surface area contributed by atoms with Gasteiger partial charge in [-0.3, -0.25) is 0 Å². The molecule has 0 heterocycles. The largest absolute Gasteiger partial charge is 0.126 e. The van der Waals surface area contributed by atoms with E-state index in [1.807, 2.05) is 0 Å². The van der Waals surface area contributed by atoms with Crippen LogP contribution in [0.5, 0.6) is 0 Å². The van der Waals surface area contributed by atoms with E-state index in [1.54, 1.807) is 0 Å². The van der Waals surface area contributed by atoms with Crippen LogP contribution in [0.3, 0.4) is 0 Å². The Hall–Kier alpha value is 1.25. The van der Waals surface area contributed by atoms with Crippen LogP contribution >= 0.6 is 43.5 Å². The molecule has 0 bridgehead atoms. The van der Waals surface area contributed by atoms with Gasteiger partial charge in [-0.2, -0.15) is 0 Å². The molecule has 1 fully saturated rings. The van der Waals surface area contributed by atoms with E-state index in [2.05, 4.69) is 38.8 Å². The van der Waals surface area contributed by atoms with E-state index in [-0.39, 0.29) is 3.23 Å². The van der Waals surface area contributed by atoms with Crippen molar-refractivity contribution in [3.63, 3.8) is 0 Å². The first-order valence-corrected chi connectivity index (χ1v) is 4.66. The number of halogens is 3. The van der Waals surface area contributed by atoms with E-state index in [4.69, 9.17) is 11.6 Å². The fourth-order valence-electron chi connectivity index (χ4n) is 0.797. The molecule has 0 saturated heterocycles. The molecule has 48 valence electrons. The van der Waals surface area contributed by atoms with E-state index < -0.39 is 0 Å². The van der Waals surface area contributed by atoms with Gasteiger partial charge in [0.15, 0.2) is 0 Å². The van der Waals surface area contributed by atoms with E-state index in [1.165, 1.54) is 0 Å². The molecule has 0 N–H and O–H groups in total. The molecule has 1 rings (SSSR count). The second kappa shape index (κ2) is 2.14. The van der Waals surface area contributed by atoms with Crippen molar-refractivity contribution in [3.05, 3.63) is 0 Å². The quantitative estimate of drug-likeness (QED) is 0.637. The number of hydrogen-bond acceptors (Lipinski definition) is 0. The molecule has 0 amide bonds. The smallest absolute Gasteiger partial charge is 0.0877 e. The first kappa shape index (κ1) is 7.36. The summed E-state index contributed by atoms with van der Waals surface area (Å²) in [5.41, 5.74) is 0. The van der Waals surface area contributed by atoms with Crippen LogP contribution in [0.4, 0.5) is 0 Å². The monoisotopic (exact) mass is 260 g/mol. The Morgan fingerprint density at radius 2 is 2.00 bits per heavy atom. The van der Waals surface area contributed by atoms with Crippen LogP contribution in [0.15, 0.2) is 0 Å². The van der Waals surface area contributed by atoms with Crippen molar-refractivity contribution in [1.29, 1.82) is 0 Å². The van der Waals surface area contributed by atoms with Gasteiger partial charge in [0.25, 0.3) is 0 Å². The van der Waals surface area contributed by atoms with Gasteiger partial charge < -0.3 is 0 Å². The Morgan fingerprint density at radius 3 is 2.00 bits per heavy atom. The zero-order valence-corrected chi connectivity index (χ0v) is 8.42. The lowest BCUT2D eigenvalue weighted by Gasteiger charge is -1.90. The second-order valence-corrected chi connectivity index (χ2v) is 6.22. The van der Waals surface area contributed by atoms with Crippen molar-refractivity contribution in [2.75, 3.05) is 5.88 Å². The van der Waals surface area contributed by atoms with Crippen LogP contribution < -0.4 is 0 Å². The SMILES string of the molecule is C[C@H]1[C@H](CCl)C1(Br)Br.